The van der Waals surface area contributed by atoms with E-state index < -0.39 is 0 Å². The lowest BCUT2D eigenvalue weighted by Gasteiger charge is -2.26. The van der Waals surface area contributed by atoms with Crippen molar-refractivity contribution in [2.45, 2.75) is 44.9 Å². The van der Waals surface area contributed by atoms with E-state index in [0.717, 1.165) is 16.5 Å². The molecule has 0 atom stereocenters. The molecule has 134 valence electrons. The van der Waals surface area contributed by atoms with Crippen LogP contribution in [0.5, 0.6) is 0 Å². The molecule has 0 saturated carbocycles. The Morgan fingerprint density at radius 3 is 2.60 bits per heavy atom. The van der Waals surface area contributed by atoms with Crippen LogP contribution in [0.2, 0.25) is 0 Å². The minimum Gasteiger partial charge on any atom is -0.465 e. The molecule has 1 aliphatic heterocycles. The van der Waals surface area contributed by atoms with Gasteiger partial charge in [0.15, 0.2) is 11.0 Å². The van der Waals surface area contributed by atoms with Crippen molar-refractivity contribution in [3.05, 3.63) is 29.8 Å². The average molecular weight is 360 g/mol. The van der Waals surface area contributed by atoms with Crippen LogP contribution >= 0.6 is 11.8 Å². The largest absolute Gasteiger partial charge is 0.465 e. The molecule has 2 heterocycles. The minimum absolute atomic E-state index is 0.120. The topological polar surface area (TPSA) is 60.2 Å². The summed E-state index contributed by atoms with van der Waals surface area (Å²) in [6.07, 6.45) is 0. The minimum atomic E-state index is -0.198. The SMILES string of the molecule is CCOC(=O)CN1CSc2nnc(-c3ccc(C(C)(C)C)cc3)n2C1. The summed E-state index contributed by atoms with van der Waals surface area (Å²) >= 11 is 1.59. The fourth-order valence-corrected chi connectivity index (χ4v) is 3.60. The summed E-state index contributed by atoms with van der Waals surface area (Å²) in [6, 6.07) is 8.46. The van der Waals surface area contributed by atoms with Gasteiger partial charge in [-0.25, -0.2) is 0 Å². The maximum Gasteiger partial charge on any atom is 0.320 e. The molecule has 3 rings (SSSR count). The maximum atomic E-state index is 11.7. The number of esters is 1. The molecular formula is C18H24N4O2S. The van der Waals surface area contributed by atoms with Gasteiger partial charge in [-0.3, -0.25) is 14.3 Å². The van der Waals surface area contributed by atoms with Gasteiger partial charge in [0.2, 0.25) is 0 Å². The highest BCUT2D eigenvalue weighted by atomic mass is 32.2. The molecule has 0 N–H and O–H groups in total. The zero-order chi connectivity index (χ0) is 18.0. The van der Waals surface area contributed by atoms with Gasteiger partial charge in [0.1, 0.15) is 0 Å². The first kappa shape index (κ1) is 17.9. The highest BCUT2D eigenvalue weighted by Gasteiger charge is 2.24. The van der Waals surface area contributed by atoms with Gasteiger partial charge >= 0.3 is 5.97 Å². The first-order valence-electron chi connectivity index (χ1n) is 8.43. The van der Waals surface area contributed by atoms with Crippen molar-refractivity contribution in [1.29, 1.82) is 0 Å². The number of fused-ring (bicyclic) bond motifs is 1. The van der Waals surface area contributed by atoms with E-state index in [-0.39, 0.29) is 17.9 Å². The van der Waals surface area contributed by atoms with Gasteiger partial charge in [-0.2, -0.15) is 0 Å². The van der Waals surface area contributed by atoms with Gasteiger partial charge in [-0.15, -0.1) is 10.2 Å². The van der Waals surface area contributed by atoms with Gasteiger partial charge in [0.25, 0.3) is 0 Å². The van der Waals surface area contributed by atoms with Crippen LogP contribution in [0.1, 0.15) is 33.3 Å². The van der Waals surface area contributed by atoms with Gasteiger partial charge in [-0.05, 0) is 17.9 Å². The lowest BCUT2D eigenvalue weighted by Crippen LogP contribution is -2.35. The summed E-state index contributed by atoms with van der Waals surface area (Å²) in [6.45, 7) is 9.69. The third-order valence-corrected chi connectivity index (χ3v) is 5.16. The van der Waals surface area contributed by atoms with Crippen LogP contribution in [0.4, 0.5) is 0 Å². The molecule has 0 spiro atoms. The monoisotopic (exact) mass is 360 g/mol. The molecule has 1 aromatic heterocycles. The molecule has 1 aromatic carbocycles. The van der Waals surface area contributed by atoms with Crippen molar-refractivity contribution < 1.29 is 9.53 Å². The molecule has 0 fully saturated rings. The molecule has 0 radical (unpaired) electrons. The van der Waals surface area contributed by atoms with Crippen LogP contribution in [0.15, 0.2) is 29.4 Å². The van der Waals surface area contributed by atoms with E-state index in [2.05, 4.69) is 59.8 Å². The Hall–Kier alpha value is -1.86. The van der Waals surface area contributed by atoms with E-state index in [4.69, 9.17) is 4.74 Å². The van der Waals surface area contributed by atoms with Crippen LogP contribution in [0, 0.1) is 0 Å². The summed E-state index contributed by atoms with van der Waals surface area (Å²) in [7, 11) is 0. The Balaban J connectivity index is 1.80. The molecule has 7 heteroatoms. The number of hydrogen-bond donors (Lipinski definition) is 0. The van der Waals surface area contributed by atoms with Gasteiger partial charge in [0.05, 0.1) is 25.7 Å². The number of nitrogens with zero attached hydrogens (tertiary/aromatic N) is 4. The van der Waals surface area contributed by atoms with Crippen LogP contribution in [-0.2, 0) is 21.6 Å². The van der Waals surface area contributed by atoms with E-state index in [0.29, 0.717) is 19.2 Å². The number of ether oxygens (including phenoxy) is 1. The van der Waals surface area contributed by atoms with Crippen molar-refractivity contribution in [2.75, 3.05) is 19.0 Å². The number of benzene rings is 1. The molecule has 0 unspecified atom stereocenters. The Labute approximate surface area is 152 Å². The molecule has 0 amide bonds. The average Bonchev–Trinajstić information content (AvgIpc) is 2.97. The summed E-state index contributed by atoms with van der Waals surface area (Å²) in [5, 5.41) is 9.53. The van der Waals surface area contributed by atoms with E-state index >= 15 is 0 Å². The Morgan fingerprint density at radius 1 is 1.24 bits per heavy atom. The lowest BCUT2D eigenvalue weighted by atomic mass is 9.87. The summed E-state index contributed by atoms with van der Waals surface area (Å²) in [5.41, 5.74) is 2.44. The van der Waals surface area contributed by atoms with Gasteiger partial charge in [-0.1, -0.05) is 56.8 Å². The third kappa shape index (κ3) is 4.04. The first-order valence-corrected chi connectivity index (χ1v) is 9.42. The quantitative estimate of drug-likeness (QED) is 0.781. The fraction of sp³-hybridized carbons (Fsp3) is 0.500. The van der Waals surface area contributed by atoms with E-state index in [9.17, 15) is 4.79 Å². The second-order valence-electron chi connectivity index (χ2n) is 7.11. The smallest absolute Gasteiger partial charge is 0.320 e. The predicted molar refractivity (Wildman–Crippen MR) is 98.2 cm³/mol. The molecule has 1 aliphatic rings. The molecule has 25 heavy (non-hydrogen) atoms. The second-order valence-corrected chi connectivity index (χ2v) is 8.02. The van der Waals surface area contributed by atoms with Crippen molar-refractivity contribution in [3.63, 3.8) is 0 Å². The molecule has 6 nitrogen and oxygen atoms in total. The molecular weight excluding hydrogens is 336 g/mol. The number of aromatic nitrogens is 3. The van der Waals surface area contributed by atoms with E-state index in [1.54, 1.807) is 11.8 Å². The van der Waals surface area contributed by atoms with Crippen LogP contribution in [0.25, 0.3) is 11.4 Å². The van der Waals surface area contributed by atoms with Crippen molar-refractivity contribution in [3.8, 4) is 11.4 Å². The predicted octanol–water partition coefficient (Wildman–Crippen LogP) is 3.13. The zero-order valence-electron chi connectivity index (χ0n) is 15.2. The fourth-order valence-electron chi connectivity index (χ4n) is 2.73. The number of hydrogen-bond acceptors (Lipinski definition) is 6. The van der Waals surface area contributed by atoms with E-state index in [1.165, 1.54) is 5.56 Å². The third-order valence-electron chi connectivity index (χ3n) is 4.10. The molecule has 2 aromatic rings. The normalized spacial score (nSPS) is 15.0. The molecule has 0 bridgehead atoms. The number of rotatable bonds is 4. The van der Waals surface area contributed by atoms with Crippen molar-refractivity contribution in [1.82, 2.24) is 19.7 Å². The molecule has 0 saturated heterocycles. The molecule has 0 aliphatic carbocycles. The standard InChI is InChI=1S/C18H24N4O2S/c1-5-24-15(23)10-21-11-22-16(19-20-17(22)25-12-21)13-6-8-14(9-7-13)18(2,3)4/h6-9H,5,10-12H2,1-4H3. The lowest BCUT2D eigenvalue weighted by molar-refractivity contribution is -0.144. The first-order chi connectivity index (χ1) is 11.9. The van der Waals surface area contributed by atoms with Crippen LogP contribution in [-0.4, -0.2) is 44.7 Å². The summed E-state index contributed by atoms with van der Waals surface area (Å²) in [4.78, 5) is 13.8. The van der Waals surface area contributed by atoms with Crippen LogP contribution in [0.3, 0.4) is 0 Å². The number of thioether (sulfide) groups is 1. The summed E-state index contributed by atoms with van der Waals surface area (Å²) < 4.78 is 7.10. The van der Waals surface area contributed by atoms with Crippen molar-refractivity contribution >= 4 is 17.7 Å². The Kier molecular flexibility index (Phi) is 5.15. The highest BCUT2D eigenvalue weighted by Crippen LogP contribution is 2.30. The Bertz CT molecular complexity index is 749. The zero-order valence-corrected chi connectivity index (χ0v) is 16.0. The van der Waals surface area contributed by atoms with Crippen LogP contribution < -0.4 is 0 Å². The summed E-state index contributed by atoms with van der Waals surface area (Å²) in [5.74, 6) is 1.34. The highest BCUT2D eigenvalue weighted by molar-refractivity contribution is 7.99. The van der Waals surface area contributed by atoms with Gasteiger partial charge < -0.3 is 4.74 Å². The Morgan fingerprint density at radius 2 is 1.96 bits per heavy atom. The second kappa shape index (κ2) is 7.17. The van der Waals surface area contributed by atoms with E-state index in [1.807, 2.05) is 11.8 Å². The number of carbonyl (C=O) groups is 1. The number of carbonyl (C=O) groups excluding carboxylic acids is 1. The maximum absolute atomic E-state index is 11.7. The van der Waals surface area contributed by atoms with Gasteiger partial charge in [0, 0.05) is 5.56 Å². The van der Waals surface area contributed by atoms with Crippen molar-refractivity contribution in [2.24, 2.45) is 0 Å².